The van der Waals surface area contributed by atoms with Crippen LogP contribution in [-0.2, 0) is 4.79 Å². The van der Waals surface area contributed by atoms with Crippen LogP contribution in [0.4, 0.5) is 0 Å². The Hall–Kier alpha value is -0.570. The molecular weight excluding hydrogens is 200 g/mol. The molecular formula is C13H24N2O. The summed E-state index contributed by atoms with van der Waals surface area (Å²) in [6.45, 7) is 7.38. The van der Waals surface area contributed by atoms with E-state index in [0.717, 1.165) is 12.3 Å². The minimum absolute atomic E-state index is 0.0527. The highest BCUT2D eigenvalue weighted by atomic mass is 16.2. The number of rotatable bonds is 1. The fraction of sp³-hybridized carbons (Fsp3) is 0.923. The van der Waals surface area contributed by atoms with Crippen LogP contribution in [0.25, 0.3) is 0 Å². The first-order valence-electron chi connectivity index (χ1n) is 6.49. The number of likely N-dealkylation sites (N-methyl/N-ethyl adjacent to an activating group) is 1. The maximum Gasteiger partial charge on any atom is 0.237 e. The van der Waals surface area contributed by atoms with Crippen LogP contribution < -0.4 is 5.32 Å². The number of nitrogens with zero attached hydrogens (tertiary/aromatic N) is 1. The van der Waals surface area contributed by atoms with Crippen LogP contribution in [0, 0.1) is 17.8 Å². The average molecular weight is 224 g/mol. The molecule has 3 heteroatoms. The molecule has 1 N–H and O–H groups in total. The molecule has 0 aromatic rings. The first-order chi connectivity index (χ1) is 7.47. The molecule has 0 radical (unpaired) electrons. The Bertz CT molecular complexity index is 290. The molecule has 3 unspecified atom stereocenters. The zero-order chi connectivity index (χ0) is 11.9. The molecule has 0 aromatic heterocycles. The van der Waals surface area contributed by atoms with Crippen molar-refractivity contribution in [2.75, 3.05) is 13.6 Å². The van der Waals surface area contributed by atoms with Crippen LogP contribution in [-0.4, -0.2) is 30.1 Å². The Labute approximate surface area is 98.6 Å². The van der Waals surface area contributed by atoms with Crippen molar-refractivity contribution in [2.45, 2.75) is 45.7 Å². The van der Waals surface area contributed by atoms with Gasteiger partial charge >= 0.3 is 0 Å². The van der Waals surface area contributed by atoms with Gasteiger partial charge in [0.05, 0.1) is 12.2 Å². The highest BCUT2D eigenvalue weighted by Gasteiger charge is 2.51. The largest absolute Gasteiger partial charge is 0.326 e. The molecule has 92 valence electrons. The lowest BCUT2D eigenvalue weighted by Crippen LogP contribution is -2.60. The van der Waals surface area contributed by atoms with Gasteiger partial charge in [-0.25, -0.2) is 0 Å². The maximum absolute atomic E-state index is 11.8. The van der Waals surface area contributed by atoms with Crippen molar-refractivity contribution in [1.82, 2.24) is 10.2 Å². The molecule has 1 saturated carbocycles. The lowest BCUT2D eigenvalue weighted by molar-refractivity contribution is -0.132. The van der Waals surface area contributed by atoms with E-state index < -0.39 is 0 Å². The van der Waals surface area contributed by atoms with E-state index in [1.165, 1.54) is 12.8 Å². The summed E-state index contributed by atoms with van der Waals surface area (Å²) in [6, 6.07) is 0. The fourth-order valence-electron chi connectivity index (χ4n) is 3.65. The van der Waals surface area contributed by atoms with E-state index in [2.05, 4.69) is 26.1 Å². The van der Waals surface area contributed by atoms with E-state index in [4.69, 9.17) is 0 Å². The van der Waals surface area contributed by atoms with E-state index in [1.54, 1.807) is 0 Å². The minimum Gasteiger partial charge on any atom is -0.326 e. The van der Waals surface area contributed by atoms with Gasteiger partial charge in [-0.1, -0.05) is 27.2 Å². The quantitative estimate of drug-likeness (QED) is 0.737. The number of carbonyl (C=O) groups excluding carboxylic acids is 1. The van der Waals surface area contributed by atoms with Crippen molar-refractivity contribution in [3.8, 4) is 0 Å². The lowest BCUT2D eigenvalue weighted by atomic mass is 9.69. The molecule has 2 rings (SSSR count). The Balaban J connectivity index is 2.29. The van der Waals surface area contributed by atoms with Crippen LogP contribution in [0.1, 0.15) is 40.0 Å². The van der Waals surface area contributed by atoms with Crippen molar-refractivity contribution in [2.24, 2.45) is 17.8 Å². The summed E-state index contributed by atoms with van der Waals surface area (Å²) in [6.07, 6.45) is 3.65. The van der Waals surface area contributed by atoms with Gasteiger partial charge in [0.15, 0.2) is 0 Å². The van der Waals surface area contributed by atoms with Crippen LogP contribution in [0.3, 0.4) is 0 Å². The smallest absolute Gasteiger partial charge is 0.237 e. The molecule has 1 heterocycles. The molecule has 0 aromatic carbocycles. The zero-order valence-electron chi connectivity index (χ0n) is 10.9. The first-order valence-corrected chi connectivity index (χ1v) is 6.49. The summed E-state index contributed by atoms with van der Waals surface area (Å²) < 4.78 is 0. The normalized spacial score (nSPS) is 40.1. The summed E-state index contributed by atoms with van der Waals surface area (Å²) in [5, 5.41) is 3.51. The van der Waals surface area contributed by atoms with Gasteiger partial charge in [-0.3, -0.25) is 10.1 Å². The molecule has 1 spiro atoms. The van der Waals surface area contributed by atoms with E-state index in [1.807, 2.05) is 11.9 Å². The molecule has 3 atom stereocenters. The van der Waals surface area contributed by atoms with Gasteiger partial charge in [0, 0.05) is 7.05 Å². The second-order valence-electron chi connectivity index (χ2n) is 5.97. The van der Waals surface area contributed by atoms with Crippen molar-refractivity contribution in [3.05, 3.63) is 0 Å². The van der Waals surface area contributed by atoms with Gasteiger partial charge in [0.1, 0.15) is 0 Å². The van der Waals surface area contributed by atoms with Crippen LogP contribution in [0.2, 0.25) is 0 Å². The van der Waals surface area contributed by atoms with Crippen LogP contribution in [0.15, 0.2) is 0 Å². The molecule has 0 bridgehead atoms. The predicted octanol–water partition coefficient (Wildman–Crippen LogP) is 1.84. The maximum atomic E-state index is 11.8. The Morgan fingerprint density at radius 1 is 1.44 bits per heavy atom. The second-order valence-corrected chi connectivity index (χ2v) is 5.97. The molecule has 1 saturated heterocycles. The van der Waals surface area contributed by atoms with Crippen LogP contribution in [0.5, 0.6) is 0 Å². The molecule has 16 heavy (non-hydrogen) atoms. The Kier molecular flexibility index (Phi) is 2.99. The summed E-state index contributed by atoms with van der Waals surface area (Å²) in [4.78, 5) is 13.8. The van der Waals surface area contributed by atoms with Gasteiger partial charge in [-0.05, 0) is 30.6 Å². The standard InChI is InChI=1S/C13H24N2O/c1-9(2)11-6-5-10(3)7-13(11)14-8-12(16)15(13)4/h9-11,14H,5-8H2,1-4H3. The average Bonchev–Trinajstić information content (AvgIpc) is 2.47. The van der Waals surface area contributed by atoms with Gasteiger partial charge in [0.2, 0.25) is 5.91 Å². The van der Waals surface area contributed by atoms with E-state index in [9.17, 15) is 4.79 Å². The SMILES string of the molecule is CC1CCC(C(C)C)C2(C1)NCC(=O)N2C. The minimum atomic E-state index is -0.0527. The van der Waals surface area contributed by atoms with Gasteiger partial charge in [0.25, 0.3) is 0 Å². The van der Waals surface area contributed by atoms with Gasteiger partial charge in [-0.2, -0.15) is 0 Å². The molecule has 2 fully saturated rings. The number of amides is 1. The summed E-state index contributed by atoms with van der Waals surface area (Å²) in [7, 11) is 1.97. The number of carbonyl (C=O) groups is 1. The first kappa shape index (κ1) is 11.9. The third-order valence-corrected chi connectivity index (χ3v) is 4.57. The third kappa shape index (κ3) is 1.65. The summed E-state index contributed by atoms with van der Waals surface area (Å²) in [5.74, 6) is 2.20. The zero-order valence-corrected chi connectivity index (χ0v) is 10.9. The van der Waals surface area contributed by atoms with Gasteiger partial charge < -0.3 is 4.90 Å². The van der Waals surface area contributed by atoms with Crippen molar-refractivity contribution in [1.29, 1.82) is 0 Å². The topological polar surface area (TPSA) is 32.3 Å². The molecule has 1 aliphatic heterocycles. The fourth-order valence-corrected chi connectivity index (χ4v) is 3.65. The third-order valence-electron chi connectivity index (χ3n) is 4.57. The number of hydrogen-bond donors (Lipinski definition) is 1. The van der Waals surface area contributed by atoms with Crippen molar-refractivity contribution >= 4 is 5.91 Å². The van der Waals surface area contributed by atoms with Gasteiger partial charge in [-0.15, -0.1) is 0 Å². The molecule has 1 amide bonds. The highest BCUT2D eigenvalue weighted by Crippen LogP contribution is 2.44. The lowest BCUT2D eigenvalue weighted by Gasteiger charge is -2.49. The summed E-state index contributed by atoms with van der Waals surface area (Å²) in [5.41, 5.74) is -0.0527. The molecule has 2 aliphatic rings. The Morgan fingerprint density at radius 2 is 2.12 bits per heavy atom. The van der Waals surface area contributed by atoms with E-state index in [0.29, 0.717) is 18.4 Å². The second kappa shape index (κ2) is 4.02. The van der Waals surface area contributed by atoms with Crippen molar-refractivity contribution in [3.63, 3.8) is 0 Å². The monoisotopic (exact) mass is 224 g/mol. The Morgan fingerprint density at radius 3 is 2.62 bits per heavy atom. The molecule has 3 nitrogen and oxygen atoms in total. The number of hydrogen-bond acceptors (Lipinski definition) is 2. The van der Waals surface area contributed by atoms with E-state index in [-0.39, 0.29) is 11.6 Å². The molecule has 1 aliphatic carbocycles. The number of nitrogens with one attached hydrogen (secondary N) is 1. The summed E-state index contributed by atoms with van der Waals surface area (Å²) >= 11 is 0. The highest BCUT2D eigenvalue weighted by molar-refractivity contribution is 5.81. The van der Waals surface area contributed by atoms with Crippen molar-refractivity contribution < 1.29 is 4.79 Å². The predicted molar refractivity (Wildman–Crippen MR) is 64.8 cm³/mol. The van der Waals surface area contributed by atoms with Crippen LogP contribution >= 0.6 is 0 Å². The van der Waals surface area contributed by atoms with E-state index >= 15 is 0 Å².